The average Bonchev–Trinajstić information content (AvgIpc) is 2.89. The Labute approximate surface area is 122 Å². The quantitative estimate of drug-likeness (QED) is 0.721. The Morgan fingerprint density at radius 3 is 2.76 bits per heavy atom. The number of rotatable bonds is 7. The van der Waals surface area contributed by atoms with Crippen LogP contribution in [0.2, 0.25) is 0 Å². The fourth-order valence-electron chi connectivity index (χ4n) is 2.16. The summed E-state index contributed by atoms with van der Waals surface area (Å²) < 4.78 is 31.8. The lowest BCUT2D eigenvalue weighted by Crippen LogP contribution is -1.99. The molecule has 112 valence electrons. The van der Waals surface area contributed by atoms with E-state index in [1.807, 2.05) is 31.2 Å². The third-order valence-corrected chi connectivity index (χ3v) is 3.14. The van der Waals surface area contributed by atoms with Gasteiger partial charge in [0.2, 0.25) is 0 Å². The molecule has 2 rings (SSSR count). The Balaban J connectivity index is 2.27. The molecule has 0 aliphatic rings. The molecule has 1 heterocycles. The standard InChI is InChI=1S/C16H18F2N2O/c1-3-9-21-15-8-6-5-7-12(15)10-13-11-20(16(17)18)19-14(13)4-2/h3,5-8,11,16H,1,4,9-10H2,2H3. The van der Waals surface area contributed by atoms with Crippen LogP contribution in [0.15, 0.2) is 43.1 Å². The van der Waals surface area contributed by atoms with Crippen molar-refractivity contribution in [2.45, 2.75) is 26.3 Å². The molecule has 3 nitrogen and oxygen atoms in total. The van der Waals surface area contributed by atoms with E-state index in [0.29, 0.717) is 29.8 Å². The Bertz CT molecular complexity index is 608. The maximum Gasteiger partial charge on any atom is 0.333 e. The number of aryl methyl sites for hydroxylation is 1. The first-order valence-electron chi connectivity index (χ1n) is 6.82. The number of alkyl halides is 2. The lowest BCUT2D eigenvalue weighted by molar-refractivity contribution is 0.0561. The monoisotopic (exact) mass is 292 g/mol. The van der Waals surface area contributed by atoms with E-state index in [1.54, 1.807) is 6.08 Å². The second-order valence-corrected chi connectivity index (χ2v) is 4.60. The molecule has 0 unspecified atom stereocenters. The number of hydrogen-bond acceptors (Lipinski definition) is 2. The van der Waals surface area contributed by atoms with Crippen LogP contribution < -0.4 is 4.74 Å². The molecule has 0 aliphatic carbocycles. The van der Waals surface area contributed by atoms with Crippen LogP contribution in [0, 0.1) is 0 Å². The number of para-hydroxylation sites is 1. The molecular formula is C16H18F2N2O. The summed E-state index contributed by atoms with van der Waals surface area (Å²) in [6.45, 7) is 3.32. The minimum absolute atomic E-state index is 0.411. The predicted octanol–water partition coefficient (Wildman–Crippen LogP) is 4.00. The van der Waals surface area contributed by atoms with Gasteiger partial charge in [-0.05, 0) is 23.6 Å². The molecule has 5 heteroatoms. The molecular weight excluding hydrogens is 274 g/mol. The number of aromatic nitrogens is 2. The van der Waals surface area contributed by atoms with Crippen LogP contribution in [-0.4, -0.2) is 16.4 Å². The topological polar surface area (TPSA) is 27.1 Å². The largest absolute Gasteiger partial charge is 0.489 e. The van der Waals surface area contributed by atoms with Gasteiger partial charge < -0.3 is 4.74 Å². The van der Waals surface area contributed by atoms with Crippen molar-refractivity contribution in [3.63, 3.8) is 0 Å². The van der Waals surface area contributed by atoms with Crippen molar-refractivity contribution in [1.82, 2.24) is 9.78 Å². The summed E-state index contributed by atoms with van der Waals surface area (Å²) in [5.74, 6) is 0.740. The van der Waals surface area contributed by atoms with Gasteiger partial charge in [-0.1, -0.05) is 37.8 Å². The van der Waals surface area contributed by atoms with E-state index < -0.39 is 6.55 Å². The Hall–Kier alpha value is -2.17. The van der Waals surface area contributed by atoms with Crippen LogP contribution in [0.25, 0.3) is 0 Å². The van der Waals surface area contributed by atoms with Crippen LogP contribution in [0.1, 0.15) is 30.3 Å². The van der Waals surface area contributed by atoms with Gasteiger partial charge in [-0.3, -0.25) is 0 Å². The van der Waals surface area contributed by atoms with Crippen molar-refractivity contribution >= 4 is 0 Å². The summed E-state index contributed by atoms with van der Waals surface area (Å²) in [7, 11) is 0. The molecule has 2 aromatic rings. The minimum atomic E-state index is -2.61. The first kappa shape index (κ1) is 15.2. The van der Waals surface area contributed by atoms with Gasteiger partial charge in [0.05, 0.1) is 5.69 Å². The molecule has 0 bridgehead atoms. The minimum Gasteiger partial charge on any atom is -0.489 e. The molecule has 0 amide bonds. The summed E-state index contributed by atoms with van der Waals surface area (Å²) in [5.41, 5.74) is 2.43. The van der Waals surface area contributed by atoms with E-state index >= 15 is 0 Å². The van der Waals surface area contributed by atoms with Gasteiger partial charge in [-0.15, -0.1) is 0 Å². The molecule has 0 spiro atoms. The van der Waals surface area contributed by atoms with E-state index in [-0.39, 0.29) is 0 Å². The van der Waals surface area contributed by atoms with Gasteiger partial charge in [-0.2, -0.15) is 13.9 Å². The normalized spacial score (nSPS) is 10.9. The molecule has 0 saturated carbocycles. The number of ether oxygens (including phenoxy) is 1. The first-order valence-corrected chi connectivity index (χ1v) is 6.82. The molecule has 0 N–H and O–H groups in total. The highest BCUT2D eigenvalue weighted by Gasteiger charge is 2.14. The second kappa shape index (κ2) is 7.02. The Morgan fingerprint density at radius 2 is 2.10 bits per heavy atom. The zero-order chi connectivity index (χ0) is 15.2. The highest BCUT2D eigenvalue weighted by Crippen LogP contribution is 2.24. The van der Waals surface area contributed by atoms with Crippen LogP contribution in [0.4, 0.5) is 8.78 Å². The van der Waals surface area contributed by atoms with Crippen molar-refractivity contribution in [2.75, 3.05) is 6.61 Å². The van der Waals surface area contributed by atoms with Crippen molar-refractivity contribution < 1.29 is 13.5 Å². The van der Waals surface area contributed by atoms with Crippen molar-refractivity contribution in [2.24, 2.45) is 0 Å². The Kier molecular flexibility index (Phi) is 5.09. The van der Waals surface area contributed by atoms with Crippen molar-refractivity contribution in [1.29, 1.82) is 0 Å². The van der Waals surface area contributed by atoms with E-state index in [4.69, 9.17) is 4.74 Å². The molecule has 0 aliphatic heterocycles. The summed E-state index contributed by atoms with van der Waals surface area (Å²) in [4.78, 5) is 0. The van der Waals surface area contributed by atoms with Crippen molar-refractivity contribution in [3.8, 4) is 5.75 Å². The van der Waals surface area contributed by atoms with E-state index in [9.17, 15) is 8.78 Å². The molecule has 0 atom stereocenters. The third kappa shape index (κ3) is 3.68. The maximum atomic E-state index is 12.7. The maximum absolute atomic E-state index is 12.7. The SMILES string of the molecule is C=CCOc1ccccc1Cc1cn(C(F)F)nc1CC. The molecule has 1 aromatic carbocycles. The second-order valence-electron chi connectivity index (χ2n) is 4.60. The molecule has 0 fully saturated rings. The predicted molar refractivity (Wildman–Crippen MR) is 77.8 cm³/mol. The third-order valence-electron chi connectivity index (χ3n) is 3.14. The molecule has 0 saturated heterocycles. The van der Waals surface area contributed by atoms with Gasteiger partial charge in [0.15, 0.2) is 0 Å². The average molecular weight is 292 g/mol. The number of hydrogen-bond donors (Lipinski definition) is 0. The molecule has 1 aromatic heterocycles. The van der Waals surface area contributed by atoms with Gasteiger partial charge in [0.1, 0.15) is 12.4 Å². The fourth-order valence-corrected chi connectivity index (χ4v) is 2.16. The van der Waals surface area contributed by atoms with Crippen molar-refractivity contribution in [3.05, 3.63) is 59.9 Å². The number of benzene rings is 1. The summed E-state index contributed by atoms with van der Waals surface area (Å²) >= 11 is 0. The van der Waals surface area contributed by atoms with Gasteiger partial charge >= 0.3 is 6.55 Å². The highest BCUT2D eigenvalue weighted by atomic mass is 19.3. The van der Waals surface area contributed by atoms with E-state index in [2.05, 4.69) is 11.7 Å². The van der Waals surface area contributed by atoms with Gasteiger partial charge in [-0.25, -0.2) is 4.68 Å². The van der Waals surface area contributed by atoms with Gasteiger partial charge in [0, 0.05) is 12.6 Å². The molecule has 0 radical (unpaired) electrons. The summed E-state index contributed by atoms with van der Waals surface area (Å²) in [5, 5.41) is 3.93. The van der Waals surface area contributed by atoms with Crippen LogP contribution in [0.5, 0.6) is 5.75 Å². The Morgan fingerprint density at radius 1 is 1.33 bits per heavy atom. The van der Waals surface area contributed by atoms with Crippen LogP contribution in [-0.2, 0) is 12.8 Å². The van der Waals surface area contributed by atoms with Crippen LogP contribution >= 0.6 is 0 Å². The van der Waals surface area contributed by atoms with E-state index in [1.165, 1.54) is 6.20 Å². The van der Waals surface area contributed by atoms with Crippen LogP contribution in [0.3, 0.4) is 0 Å². The lowest BCUT2D eigenvalue weighted by atomic mass is 10.0. The van der Waals surface area contributed by atoms with Gasteiger partial charge in [0.25, 0.3) is 0 Å². The summed E-state index contributed by atoms with van der Waals surface area (Å²) in [6, 6.07) is 7.57. The highest BCUT2D eigenvalue weighted by molar-refractivity contribution is 5.38. The number of halogens is 2. The molecule has 21 heavy (non-hydrogen) atoms. The van der Waals surface area contributed by atoms with E-state index in [0.717, 1.165) is 16.9 Å². The summed E-state index contributed by atoms with van der Waals surface area (Å²) in [6.07, 6.45) is 4.21. The lowest BCUT2D eigenvalue weighted by Gasteiger charge is -2.09. The zero-order valence-corrected chi connectivity index (χ0v) is 11.9. The smallest absolute Gasteiger partial charge is 0.333 e. The number of nitrogens with zero attached hydrogens (tertiary/aromatic N) is 2. The first-order chi connectivity index (χ1) is 10.2. The zero-order valence-electron chi connectivity index (χ0n) is 11.9. The fraction of sp³-hybridized carbons (Fsp3) is 0.312.